The molecule has 1 heterocycles. The monoisotopic (exact) mass is 322 g/mol. The predicted octanol–water partition coefficient (Wildman–Crippen LogP) is 3.56. The van der Waals surface area contributed by atoms with E-state index < -0.39 is 7.80 Å². The number of hydrogen-bond donors (Lipinski definition) is 2. The van der Waals surface area contributed by atoms with E-state index in [1.54, 1.807) is 24.3 Å². The van der Waals surface area contributed by atoms with Crippen molar-refractivity contribution in [2.45, 2.75) is 6.92 Å². The first-order valence-electron chi connectivity index (χ1n) is 7.37. The topological polar surface area (TPSA) is 57.5 Å². The average molecular weight is 322 g/mol. The van der Waals surface area contributed by atoms with Crippen LogP contribution in [0.5, 0.6) is 11.5 Å². The highest BCUT2D eigenvalue weighted by Gasteiger charge is 2.35. The van der Waals surface area contributed by atoms with Crippen LogP contribution >= 0.6 is 7.80 Å². The van der Waals surface area contributed by atoms with E-state index in [9.17, 15) is 14.8 Å². The molecule has 3 nitrogen and oxygen atoms in total. The molecule has 1 aliphatic rings. The second-order valence-electron chi connectivity index (χ2n) is 5.79. The average Bonchev–Trinajstić information content (AvgIpc) is 3.21. The van der Waals surface area contributed by atoms with Gasteiger partial charge in [-0.15, -0.1) is 0 Å². The van der Waals surface area contributed by atoms with E-state index in [0.717, 1.165) is 38.4 Å². The van der Waals surface area contributed by atoms with E-state index in [1.807, 2.05) is 31.2 Å². The Morgan fingerprint density at radius 2 is 1.30 bits per heavy atom. The summed E-state index contributed by atoms with van der Waals surface area (Å²) in [4.78, 5) is 0. The fraction of sp³-hybridized carbons (Fsp3) is 0.0526. The summed E-state index contributed by atoms with van der Waals surface area (Å²) in [6.45, 7) is 1.99. The van der Waals surface area contributed by atoms with Gasteiger partial charge in [-0.1, -0.05) is 30.3 Å². The Labute approximate surface area is 134 Å². The Bertz CT molecular complexity index is 942. The minimum Gasteiger partial charge on any atom is -0.508 e. The number of phenolic OH excluding ortho intramolecular Hbond substituents is 2. The summed E-state index contributed by atoms with van der Waals surface area (Å²) >= 11 is 0. The first-order valence-corrected chi connectivity index (χ1v) is 8.78. The third-order valence-corrected chi connectivity index (χ3v) is 6.05. The van der Waals surface area contributed by atoms with Crippen molar-refractivity contribution in [3.05, 3.63) is 60.2 Å². The summed E-state index contributed by atoms with van der Waals surface area (Å²) in [6, 6.07) is 16.1. The maximum atomic E-state index is 12.4. The highest BCUT2D eigenvalue weighted by Crippen LogP contribution is 2.45. The van der Waals surface area contributed by atoms with Crippen LogP contribution in [0, 0.1) is 6.92 Å². The number of fused-ring (bicyclic) bond motifs is 1. The molecule has 0 amide bonds. The molecule has 2 N–H and O–H groups in total. The van der Waals surface area contributed by atoms with Crippen LogP contribution in [0.1, 0.15) is 5.56 Å². The van der Waals surface area contributed by atoms with Crippen molar-refractivity contribution in [2.75, 3.05) is 0 Å². The molecule has 3 aromatic rings. The summed E-state index contributed by atoms with van der Waals surface area (Å²) < 4.78 is 12.4. The number of benzene rings is 3. The Balaban J connectivity index is 1.99. The van der Waals surface area contributed by atoms with Gasteiger partial charge in [-0.2, -0.15) is 0 Å². The number of rotatable bonds is 2. The summed E-state index contributed by atoms with van der Waals surface area (Å²) in [6.07, 6.45) is 0. The van der Waals surface area contributed by atoms with Crippen molar-refractivity contribution in [1.82, 2.24) is 0 Å². The van der Waals surface area contributed by atoms with Crippen LogP contribution in [0.3, 0.4) is 0 Å². The van der Waals surface area contributed by atoms with Crippen molar-refractivity contribution in [3.8, 4) is 33.8 Å². The van der Waals surface area contributed by atoms with Gasteiger partial charge < -0.3 is 14.8 Å². The van der Waals surface area contributed by atoms with Gasteiger partial charge in [-0.3, -0.25) is 0 Å². The quantitative estimate of drug-likeness (QED) is 0.555. The second-order valence-corrected chi connectivity index (χ2v) is 7.45. The van der Waals surface area contributed by atoms with Gasteiger partial charge in [0.25, 0.3) is 0 Å². The fourth-order valence-electron chi connectivity index (χ4n) is 3.08. The zero-order valence-electron chi connectivity index (χ0n) is 12.5. The molecular weight excluding hydrogens is 307 g/mol. The van der Waals surface area contributed by atoms with E-state index in [0.29, 0.717) is 0 Å². The van der Waals surface area contributed by atoms with Gasteiger partial charge >= 0.3 is 0 Å². The molecule has 0 radical (unpaired) electrons. The Kier molecular flexibility index (Phi) is 3.07. The Morgan fingerprint density at radius 1 is 0.783 bits per heavy atom. The van der Waals surface area contributed by atoms with E-state index in [2.05, 4.69) is 6.07 Å². The Morgan fingerprint density at radius 3 is 1.87 bits per heavy atom. The van der Waals surface area contributed by atoms with Gasteiger partial charge in [-0.25, -0.2) is 0 Å². The van der Waals surface area contributed by atoms with Gasteiger partial charge in [0.2, 0.25) is 0 Å². The van der Waals surface area contributed by atoms with Gasteiger partial charge in [-0.05, 0) is 53.4 Å². The number of aromatic hydroxyl groups is 2. The molecule has 0 fully saturated rings. The maximum absolute atomic E-state index is 12.4. The first kappa shape index (κ1) is 14.1. The van der Waals surface area contributed by atoms with Gasteiger partial charge in [0.1, 0.15) is 19.3 Å². The van der Waals surface area contributed by atoms with E-state index in [1.165, 1.54) is 0 Å². The molecule has 3 aromatic carbocycles. The summed E-state index contributed by atoms with van der Waals surface area (Å²) in [5.41, 5.74) is 4.94. The molecule has 4 heteroatoms. The van der Waals surface area contributed by atoms with Crippen LogP contribution in [0.2, 0.25) is 0 Å². The smallest absolute Gasteiger partial charge is 0.134 e. The molecule has 0 bridgehead atoms. The highest BCUT2D eigenvalue weighted by molar-refractivity contribution is 7.74. The van der Waals surface area contributed by atoms with Crippen LogP contribution < -0.4 is 10.6 Å². The predicted molar refractivity (Wildman–Crippen MR) is 93.7 cm³/mol. The normalized spacial score (nSPS) is 15.3. The van der Waals surface area contributed by atoms with Crippen LogP contribution in [0.15, 0.2) is 54.6 Å². The lowest BCUT2D eigenvalue weighted by Gasteiger charge is -2.11. The maximum Gasteiger partial charge on any atom is 0.134 e. The standard InChI is InChI=1S/C19H15O3P/c1-11-10-16(12-2-6-14(20)7-3-12)17(19-18(11)23(19)22)13-4-8-15(21)9-5-13/h2-10,20-21,23H,1H3. The molecule has 0 aromatic heterocycles. The van der Waals surface area contributed by atoms with Crippen molar-refractivity contribution in [2.24, 2.45) is 0 Å². The molecule has 0 saturated heterocycles. The second kappa shape index (κ2) is 5.00. The van der Waals surface area contributed by atoms with Gasteiger partial charge in [0.05, 0.1) is 0 Å². The zero-order chi connectivity index (χ0) is 16.1. The lowest BCUT2D eigenvalue weighted by molar-refractivity contribution is 0.475. The van der Waals surface area contributed by atoms with Crippen LogP contribution in [-0.2, 0) is 4.57 Å². The minimum absolute atomic E-state index is 0.209. The van der Waals surface area contributed by atoms with Crippen LogP contribution in [-0.4, -0.2) is 10.2 Å². The number of hydrogen-bond acceptors (Lipinski definition) is 3. The molecule has 1 atom stereocenters. The number of aryl methyl sites for hydroxylation is 1. The molecule has 114 valence electrons. The molecule has 0 aliphatic carbocycles. The molecule has 1 unspecified atom stereocenters. The molecule has 0 saturated carbocycles. The SMILES string of the molecule is Cc1cc(-c2ccc(O)cc2)c(-c2ccc(O)cc2)c2c1[PH]2=O. The van der Waals surface area contributed by atoms with Crippen molar-refractivity contribution < 1.29 is 14.8 Å². The van der Waals surface area contributed by atoms with E-state index in [-0.39, 0.29) is 11.5 Å². The van der Waals surface area contributed by atoms with Gasteiger partial charge in [0, 0.05) is 16.2 Å². The summed E-state index contributed by atoms with van der Waals surface area (Å²) in [5, 5.41) is 21.0. The minimum atomic E-state index is -1.80. The Hall–Kier alpha value is -2.51. The lowest BCUT2D eigenvalue weighted by atomic mass is 9.93. The number of phenols is 2. The van der Waals surface area contributed by atoms with Crippen molar-refractivity contribution >= 4 is 18.4 Å². The fourth-order valence-corrected chi connectivity index (χ4v) is 4.83. The molecule has 1 aliphatic heterocycles. The molecular formula is C19H15O3P. The van der Waals surface area contributed by atoms with Crippen molar-refractivity contribution in [1.29, 1.82) is 0 Å². The molecule has 23 heavy (non-hydrogen) atoms. The van der Waals surface area contributed by atoms with Gasteiger partial charge in [0.15, 0.2) is 0 Å². The van der Waals surface area contributed by atoms with Crippen LogP contribution in [0.25, 0.3) is 22.3 Å². The lowest BCUT2D eigenvalue weighted by Crippen LogP contribution is -2.02. The zero-order valence-corrected chi connectivity index (χ0v) is 13.5. The molecule has 0 spiro atoms. The largest absolute Gasteiger partial charge is 0.508 e. The third kappa shape index (κ3) is 2.25. The van der Waals surface area contributed by atoms with E-state index in [4.69, 9.17) is 0 Å². The third-order valence-electron chi connectivity index (χ3n) is 4.25. The summed E-state index contributed by atoms with van der Waals surface area (Å²) in [7, 11) is -1.80. The molecule has 4 rings (SSSR count). The van der Waals surface area contributed by atoms with E-state index >= 15 is 0 Å². The summed E-state index contributed by atoms with van der Waals surface area (Å²) in [5.74, 6) is 0.428. The first-order chi connectivity index (χ1) is 11.1. The highest BCUT2D eigenvalue weighted by atomic mass is 31.1. The van der Waals surface area contributed by atoms with Crippen LogP contribution in [0.4, 0.5) is 0 Å². The van der Waals surface area contributed by atoms with Crippen molar-refractivity contribution in [3.63, 3.8) is 0 Å².